The third-order valence-corrected chi connectivity index (χ3v) is 3.58. The molecule has 4 heteroatoms. The highest BCUT2D eigenvalue weighted by atomic mass is 16.1. The molecule has 4 nitrogen and oxygen atoms in total. The van der Waals surface area contributed by atoms with E-state index in [1.54, 1.807) is 0 Å². The van der Waals surface area contributed by atoms with Crippen LogP contribution in [0.5, 0.6) is 0 Å². The summed E-state index contributed by atoms with van der Waals surface area (Å²) in [6.07, 6.45) is 0.515. The number of anilines is 1. The van der Waals surface area contributed by atoms with Gasteiger partial charge in [-0.1, -0.05) is 65.0 Å². The van der Waals surface area contributed by atoms with Gasteiger partial charge in [0, 0.05) is 17.9 Å². The Labute approximate surface area is 138 Å². The Kier molecular flexibility index (Phi) is 5.24. The number of carbonyl (C=O) groups is 1. The van der Waals surface area contributed by atoms with Crippen LogP contribution in [0, 0.1) is 5.92 Å². The van der Waals surface area contributed by atoms with Crippen LogP contribution in [0.1, 0.15) is 52.3 Å². The predicted molar refractivity (Wildman–Crippen MR) is 94.6 cm³/mol. The first-order valence-corrected chi connectivity index (χ1v) is 8.18. The second-order valence-corrected chi connectivity index (χ2v) is 7.45. The van der Waals surface area contributed by atoms with Gasteiger partial charge in [0.25, 0.3) is 0 Å². The van der Waals surface area contributed by atoms with Crippen LogP contribution in [0.2, 0.25) is 0 Å². The van der Waals surface area contributed by atoms with E-state index >= 15 is 0 Å². The quantitative estimate of drug-likeness (QED) is 0.898. The molecule has 1 aromatic heterocycles. The molecule has 0 spiro atoms. The normalized spacial score (nSPS) is 11.7. The summed E-state index contributed by atoms with van der Waals surface area (Å²) in [5.41, 5.74) is 2.09. The van der Waals surface area contributed by atoms with Crippen molar-refractivity contribution in [2.45, 2.75) is 53.0 Å². The Bertz CT molecular complexity index is 651. The average Bonchev–Trinajstić information content (AvgIpc) is 2.82. The van der Waals surface area contributed by atoms with Gasteiger partial charge < -0.3 is 5.32 Å². The topological polar surface area (TPSA) is 46.9 Å². The van der Waals surface area contributed by atoms with Crippen molar-refractivity contribution in [1.82, 2.24) is 9.78 Å². The van der Waals surface area contributed by atoms with Gasteiger partial charge in [0.1, 0.15) is 5.82 Å². The zero-order chi connectivity index (χ0) is 17.0. The summed E-state index contributed by atoms with van der Waals surface area (Å²) in [6, 6.07) is 12.1. The molecular weight excluding hydrogens is 286 g/mol. The lowest BCUT2D eigenvalue weighted by molar-refractivity contribution is -0.116. The van der Waals surface area contributed by atoms with E-state index in [2.05, 4.69) is 38.2 Å². The third kappa shape index (κ3) is 4.95. The van der Waals surface area contributed by atoms with Gasteiger partial charge in [-0.3, -0.25) is 4.79 Å². The predicted octanol–water partition coefficient (Wildman–Crippen LogP) is 4.21. The van der Waals surface area contributed by atoms with Crippen molar-refractivity contribution in [1.29, 1.82) is 0 Å². The lowest BCUT2D eigenvalue weighted by Crippen LogP contribution is -2.17. The molecule has 0 fully saturated rings. The molecule has 0 radical (unpaired) electrons. The molecule has 0 aliphatic heterocycles. The van der Waals surface area contributed by atoms with Gasteiger partial charge in [0.2, 0.25) is 5.91 Å². The third-order valence-electron chi connectivity index (χ3n) is 3.58. The van der Waals surface area contributed by atoms with Crippen LogP contribution in [0.25, 0.3) is 0 Å². The number of nitrogens with zero attached hydrogens (tertiary/aromatic N) is 2. The van der Waals surface area contributed by atoms with Gasteiger partial charge in [-0.25, -0.2) is 4.68 Å². The van der Waals surface area contributed by atoms with Gasteiger partial charge in [0.15, 0.2) is 0 Å². The minimum Gasteiger partial charge on any atom is -0.311 e. The Morgan fingerprint density at radius 1 is 1.22 bits per heavy atom. The summed E-state index contributed by atoms with van der Waals surface area (Å²) in [7, 11) is 0. The Hall–Kier alpha value is -2.10. The van der Waals surface area contributed by atoms with Crippen molar-refractivity contribution in [3.8, 4) is 0 Å². The van der Waals surface area contributed by atoms with Crippen LogP contribution in [0.15, 0.2) is 36.4 Å². The Morgan fingerprint density at radius 3 is 2.43 bits per heavy atom. The fourth-order valence-corrected chi connectivity index (χ4v) is 2.33. The average molecular weight is 313 g/mol. The minimum absolute atomic E-state index is 0.0367. The highest BCUT2D eigenvalue weighted by molar-refractivity contribution is 5.90. The molecule has 23 heavy (non-hydrogen) atoms. The monoisotopic (exact) mass is 313 g/mol. The molecule has 0 aliphatic rings. The first-order valence-electron chi connectivity index (χ1n) is 8.18. The number of hydrogen-bond acceptors (Lipinski definition) is 2. The van der Waals surface area contributed by atoms with Crippen molar-refractivity contribution in [3.05, 3.63) is 47.7 Å². The maximum absolute atomic E-state index is 12.1. The molecule has 0 aliphatic carbocycles. The zero-order valence-electron chi connectivity index (χ0n) is 14.8. The van der Waals surface area contributed by atoms with Crippen molar-refractivity contribution < 1.29 is 4.79 Å². The lowest BCUT2D eigenvalue weighted by atomic mass is 9.92. The van der Waals surface area contributed by atoms with E-state index in [9.17, 15) is 4.79 Å². The van der Waals surface area contributed by atoms with Gasteiger partial charge in [-0.15, -0.1) is 0 Å². The first kappa shape index (κ1) is 17.3. The molecule has 0 atom stereocenters. The molecular formula is C19H27N3O. The number of benzene rings is 1. The molecule has 0 saturated heterocycles. The summed E-state index contributed by atoms with van der Waals surface area (Å²) in [5, 5.41) is 7.73. The van der Waals surface area contributed by atoms with Crippen LogP contribution in [-0.2, 0) is 16.8 Å². The minimum atomic E-state index is -0.0561. The van der Waals surface area contributed by atoms with Crippen LogP contribution < -0.4 is 5.32 Å². The molecule has 1 N–H and O–H groups in total. The number of rotatable bonds is 5. The zero-order valence-corrected chi connectivity index (χ0v) is 14.8. The largest absolute Gasteiger partial charge is 0.311 e. The molecule has 1 amide bonds. The standard InChI is InChI=1S/C19H27N3O/c1-14(2)11-18(23)20-17-12-16(19(3,4)5)21-22(17)13-15-9-7-6-8-10-15/h6-10,12,14H,11,13H2,1-5H3,(H,20,23). The number of aromatic nitrogens is 2. The summed E-state index contributed by atoms with van der Waals surface area (Å²) >= 11 is 0. The van der Waals surface area contributed by atoms with Gasteiger partial charge >= 0.3 is 0 Å². The van der Waals surface area contributed by atoms with Crippen molar-refractivity contribution in [2.75, 3.05) is 5.32 Å². The van der Waals surface area contributed by atoms with E-state index in [4.69, 9.17) is 5.10 Å². The first-order chi connectivity index (χ1) is 10.8. The summed E-state index contributed by atoms with van der Waals surface area (Å²) < 4.78 is 1.88. The molecule has 124 valence electrons. The fraction of sp³-hybridized carbons (Fsp3) is 0.474. The second kappa shape index (κ2) is 6.99. The van der Waals surface area contributed by atoms with E-state index in [0.717, 1.165) is 17.1 Å². The smallest absolute Gasteiger partial charge is 0.225 e. The van der Waals surface area contributed by atoms with Gasteiger partial charge in [-0.05, 0) is 11.5 Å². The highest BCUT2D eigenvalue weighted by Gasteiger charge is 2.21. The van der Waals surface area contributed by atoms with Crippen molar-refractivity contribution in [3.63, 3.8) is 0 Å². The number of nitrogens with one attached hydrogen (secondary N) is 1. The second-order valence-electron chi connectivity index (χ2n) is 7.45. The van der Waals surface area contributed by atoms with E-state index in [1.165, 1.54) is 0 Å². The van der Waals surface area contributed by atoms with Crippen molar-refractivity contribution in [2.24, 2.45) is 5.92 Å². The van der Waals surface area contributed by atoms with Crippen LogP contribution >= 0.6 is 0 Å². The van der Waals surface area contributed by atoms with E-state index in [1.807, 2.05) is 42.8 Å². The SMILES string of the molecule is CC(C)CC(=O)Nc1cc(C(C)(C)C)nn1Cc1ccccc1. The molecule has 2 aromatic rings. The lowest BCUT2D eigenvalue weighted by Gasteiger charge is -2.14. The van der Waals surface area contributed by atoms with E-state index in [0.29, 0.717) is 18.9 Å². The van der Waals surface area contributed by atoms with E-state index < -0.39 is 0 Å². The molecule has 0 saturated carbocycles. The van der Waals surface area contributed by atoms with E-state index in [-0.39, 0.29) is 11.3 Å². The molecule has 1 aromatic carbocycles. The molecule has 0 bridgehead atoms. The Balaban J connectivity index is 2.27. The van der Waals surface area contributed by atoms with Crippen molar-refractivity contribution >= 4 is 11.7 Å². The molecule has 2 rings (SSSR count). The van der Waals surface area contributed by atoms with Crippen LogP contribution in [0.3, 0.4) is 0 Å². The van der Waals surface area contributed by atoms with Gasteiger partial charge in [-0.2, -0.15) is 5.10 Å². The highest BCUT2D eigenvalue weighted by Crippen LogP contribution is 2.25. The Morgan fingerprint density at radius 2 is 1.87 bits per heavy atom. The summed E-state index contributed by atoms with van der Waals surface area (Å²) in [4.78, 5) is 12.1. The fourth-order valence-electron chi connectivity index (χ4n) is 2.33. The summed E-state index contributed by atoms with van der Waals surface area (Å²) in [6.45, 7) is 11.1. The molecule has 0 unspecified atom stereocenters. The number of amides is 1. The number of carbonyl (C=O) groups excluding carboxylic acids is 1. The maximum Gasteiger partial charge on any atom is 0.225 e. The maximum atomic E-state index is 12.1. The van der Waals surface area contributed by atoms with Crippen LogP contribution in [0.4, 0.5) is 5.82 Å². The summed E-state index contributed by atoms with van der Waals surface area (Å²) in [5.74, 6) is 1.14. The van der Waals surface area contributed by atoms with Gasteiger partial charge in [0.05, 0.1) is 12.2 Å². The van der Waals surface area contributed by atoms with Crippen LogP contribution in [-0.4, -0.2) is 15.7 Å². The molecule has 1 heterocycles. The number of hydrogen-bond donors (Lipinski definition) is 1.